The number of fused-ring (bicyclic) bond motifs is 1. The third kappa shape index (κ3) is 4.26. The van der Waals surface area contributed by atoms with Crippen LogP contribution < -0.4 is 10.6 Å². The maximum absolute atomic E-state index is 12.8. The normalized spacial score (nSPS) is 18.8. The molecule has 0 saturated heterocycles. The van der Waals surface area contributed by atoms with Crippen molar-refractivity contribution in [1.29, 1.82) is 0 Å². The number of amides is 1. The number of para-hydroxylation sites is 1. The van der Waals surface area contributed by atoms with E-state index in [1.54, 1.807) is 24.3 Å². The van der Waals surface area contributed by atoms with Gasteiger partial charge in [0.15, 0.2) is 0 Å². The fourth-order valence-electron chi connectivity index (χ4n) is 4.51. The molecule has 1 aliphatic carbocycles. The smallest absolute Gasteiger partial charge is 0.286 e. The molecule has 7 heteroatoms. The monoisotopic (exact) mass is 425 g/mol. The number of anilines is 2. The highest BCUT2D eigenvalue weighted by molar-refractivity contribution is 7.90. The summed E-state index contributed by atoms with van der Waals surface area (Å²) in [4.78, 5) is 13.0. The minimum Gasteiger partial charge on any atom is -0.342 e. The molecule has 0 radical (unpaired) electrons. The zero-order chi connectivity index (χ0) is 21.4. The lowest BCUT2D eigenvalue weighted by Gasteiger charge is -2.30. The maximum Gasteiger partial charge on any atom is 0.286 e. The predicted octanol–water partition coefficient (Wildman–Crippen LogP) is 4.80. The number of rotatable bonds is 5. The summed E-state index contributed by atoms with van der Waals surface area (Å²) in [7, 11) is -3.72. The van der Waals surface area contributed by atoms with E-state index < -0.39 is 10.0 Å². The Morgan fingerprint density at radius 1 is 1.10 bits per heavy atom. The number of hydrogen-bond donors (Lipinski definition) is 2. The van der Waals surface area contributed by atoms with Crippen molar-refractivity contribution in [2.75, 3.05) is 10.6 Å². The summed E-state index contributed by atoms with van der Waals surface area (Å²) in [5.74, 6) is 0.384. The van der Waals surface area contributed by atoms with E-state index in [1.165, 1.54) is 5.56 Å². The highest BCUT2D eigenvalue weighted by Gasteiger charge is 2.39. The second-order valence-corrected chi connectivity index (χ2v) is 10.1. The Balaban J connectivity index is 1.51. The van der Waals surface area contributed by atoms with Crippen LogP contribution >= 0.6 is 0 Å². The van der Waals surface area contributed by atoms with Crippen molar-refractivity contribution in [3.8, 4) is 0 Å². The first kappa shape index (κ1) is 20.6. The Bertz CT molecular complexity index is 1120. The lowest BCUT2D eigenvalue weighted by molar-refractivity contribution is -0.118. The molecule has 0 aromatic heterocycles. The van der Waals surface area contributed by atoms with Crippen molar-refractivity contribution in [3.05, 3.63) is 53.6 Å². The maximum atomic E-state index is 12.8. The zero-order valence-electron chi connectivity index (χ0n) is 17.4. The van der Waals surface area contributed by atoms with Gasteiger partial charge in [-0.25, -0.2) is 0 Å². The molecule has 2 aromatic rings. The molecule has 1 heterocycles. The largest absolute Gasteiger partial charge is 0.342 e. The molecule has 2 N–H and O–H groups in total. The van der Waals surface area contributed by atoms with Crippen LogP contribution in [-0.4, -0.2) is 20.2 Å². The van der Waals surface area contributed by atoms with Gasteiger partial charge in [0, 0.05) is 18.5 Å². The SMILES string of the molecule is Cc1ccc(NC(=O)CC2(CC3=NS(=O)(=O)c4ccccc4N3)CCCC2)cc1C. The second kappa shape index (κ2) is 7.87. The van der Waals surface area contributed by atoms with Crippen LogP contribution in [0.15, 0.2) is 51.8 Å². The van der Waals surface area contributed by atoms with Gasteiger partial charge in [0.2, 0.25) is 5.91 Å². The molecular formula is C23H27N3O3S. The topological polar surface area (TPSA) is 87.6 Å². The number of benzene rings is 2. The van der Waals surface area contributed by atoms with Crippen molar-refractivity contribution < 1.29 is 13.2 Å². The van der Waals surface area contributed by atoms with Gasteiger partial charge in [-0.1, -0.05) is 31.0 Å². The summed E-state index contributed by atoms with van der Waals surface area (Å²) < 4.78 is 29.2. The number of carbonyl (C=O) groups is 1. The van der Waals surface area contributed by atoms with Gasteiger partial charge < -0.3 is 10.6 Å². The molecule has 1 saturated carbocycles. The Morgan fingerprint density at radius 3 is 2.57 bits per heavy atom. The minimum absolute atomic E-state index is 0.0418. The van der Waals surface area contributed by atoms with Crippen LogP contribution in [0, 0.1) is 19.3 Å². The lowest BCUT2D eigenvalue weighted by atomic mass is 9.78. The van der Waals surface area contributed by atoms with E-state index in [1.807, 2.05) is 32.0 Å². The third-order valence-electron chi connectivity index (χ3n) is 6.21. The van der Waals surface area contributed by atoms with Crippen LogP contribution in [0.5, 0.6) is 0 Å². The summed E-state index contributed by atoms with van der Waals surface area (Å²) in [6.07, 6.45) is 4.63. The molecule has 2 aliphatic rings. The first-order valence-corrected chi connectivity index (χ1v) is 11.8. The van der Waals surface area contributed by atoms with E-state index in [-0.39, 0.29) is 16.2 Å². The summed E-state index contributed by atoms with van der Waals surface area (Å²) in [5.41, 5.74) is 3.38. The number of aryl methyl sites for hydroxylation is 2. The molecular weight excluding hydrogens is 398 g/mol. The fourth-order valence-corrected chi connectivity index (χ4v) is 5.65. The molecule has 4 rings (SSSR count). The number of nitrogens with zero attached hydrogens (tertiary/aromatic N) is 1. The van der Waals surface area contributed by atoms with E-state index in [0.29, 0.717) is 24.4 Å². The molecule has 1 aliphatic heterocycles. The van der Waals surface area contributed by atoms with Gasteiger partial charge in [-0.05, 0) is 67.5 Å². The molecule has 0 bridgehead atoms. The quantitative estimate of drug-likeness (QED) is 0.721. The van der Waals surface area contributed by atoms with Crippen LogP contribution in [-0.2, 0) is 14.8 Å². The standard InChI is InChI=1S/C23H27N3O3S/c1-16-9-10-18(13-17(16)2)24-22(27)15-23(11-5-6-12-23)14-21-25-19-7-3-4-8-20(19)30(28,29)26-21/h3-4,7-10,13H,5-6,11-12,14-15H2,1-2H3,(H,24,27)(H,25,26). The van der Waals surface area contributed by atoms with Crippen molar-refractivity contribution in [2.24, 2.45) is 9.81 Å². The average Bonchev–Trinajstić information content (AvgIpc) is 3.12. The van der Waals surface area contributed by atoms with Crippen LogP contribution in [0.1, 0.15) is 49.7 Å². The molecule has 6 nitrogen and oxygen atoms in total. The van der Waals surface area contributed by atoms with Gasteiger partial charge in [0.25, 0.3) is 10.0 Å². The molecule has 0 atom stereocenters. The summed E-state index contributed by atoms with van der Waals surface area (Å²) >= 11 is 0. The Kier molecular flexibility index (Phi) is 5.40. The number of sulfonamides is 1. The van der Waals surface area contributed by atoms with Gasteiger partial charge in [-0.2, -0.15) is 8.42 Å². The van der Waals surface area contributed by atoms with Crippen LogP contribution in [0.2, 0.25) is 0 Å². The third-order valence-corrected chi connectivity index (χ3v) is 7.58. The van der Waals surface area contributed by atoms with Crippen molar-refractivity contribution in [2.45, 2.75) is 57.3 Å². The fraction of sp³-hybridized carbons (Fsp3) is 0.391. The van der Waals surface area contributed by atoms with Crippen LogP contribution in [0.3, 0.4) is 0 Å². The van der Waals surface area contributed by atoms with Gasteiger partial charge in [-0.15, -0.1) is 4.40 Å². The predicted molar refractivity (Wildman–Crippen MR) is 119 cm³/mol. The van der Waals surface area contributed by atoms with E-state index >= 15 is 0 Å². The minimum atomic E-state index is -3.72. The van der Waals surface area contributed by atoms with E-state index in [0.717, 1.165) is 36.9 Å². The molecule has 1 fully saturated rings. The highest BCUT2D eigenvalue weighted by Crippen LogP contribution is 2.45. The zero-order valence-corrected chi connectivity index (χ0v) is 18.2. The summed E-state index contributed by atoms with van der Waals surface area (Å²) in [6, 6.07) is 12.7. The number of nitrogens with one attached hydrogen (secondary N) is 2. The van der Waals surface area contributed by atoms with Crippen LogP contribution in [0.4, 0.5) is 11.4 Å². The first-order valence-electron chi connectivity index (χ1n) is 10.3. The van der Waals surface area contributed by atoms with Gasteiger partial charge in [0.05, 0.1) is 5.69 Å². The Labute approximate surface area is 177 Å². The Hall–Kier alpha value is -2.67. The lowest BCUT2D eigenvalue weighted by Crippen LogP contribution is -2.32. The van der Waals surface area contributed by atoms with Gasteiger partial charge in [-0.3, -0.25) is 4.79 Å². The number of amidine groups is 1. The average molecular weight is 426 g/mol. The second-order valence-electron chi connectivity index (χ2n) is 8.54. The van der Waals surface area contributed by atoms with Gasteiger partial charge >= 0.3 is 0 Å². The van der Waals surface area contributed by atoms with Crippen molar-refractivity contribution in [3.63, 3.8) is 0 Å². The van der Waals surface area contributed by atoms with Crippen molar-refractivity contribution >= 4 is 33.1 Å². The van der Waals surface area contributed by atoms with E-state index in [2.05, 4.69) is 15.0 Å². The molecule has 158 valence electrons. The molecule has 30 heavy (non-hydrogen) atoms. The molecule has 2 aromatic carbocycles. The Morgan fingerprint density at radius 2 is 1.83 bits per heavy atom. The summed E-state index contributed by atoms with van der Waals surface area (Å²) in [5, 5.41) is 6.19. The first-order chi connectivity index (χ1) is 14.3. The molecule has 1 amide bonds. The van der Waals surface area contributed by atoms with E-state index in [4.69, 9.17) is 0 Å². The van der Waals surface area contributed by atoms with Crippen LogP contribution in [0.25, 0.3) is 0 Å². The molecule has 0 spiro atoms. The van der Waals surface area contributed by atoms with Gasteiger partial charge in [0.1, 0.15) is 10.7 Å². The number of hydrogen-bond acceptors (Lipinski definition) is 4. The highest BCUT2D eigenvalue weighted by atomic mass is 32.2. The number of carbonyl (C=O) groups excluding carboxylic acids is 1. The van der Waals surface area contributed by atoms with Crippen molar-refractivity contribution in [1.82, 2.24) is 0 Å². The summed E-state index contributed by atoms with van der Waals surface area (Å²) in [6.45, 7) is 4.06. The molecule has 0 unspecified atom stereocenters. The van der Waals surface area contributed by atoms with E-state index in [9.17, 15) is 13.2 Å².